The number of nitrogens with zero attached hydrogens (tertiary/aromatic N) is 3. The first kappa shape index (κ1) is 24.5. The summed E-state index contributed by atoms with van der Waals surface area (Å²) in [5.41, 5.74) is 0.703. The van der Waals surface area contributed by atoms with Gasteiger partial charge in [-0.3, -0.25) is 14.6 Å². The summed E-state index contributed by atoms with van der Waals surface area (Å²) in [6.07, 6.45) is -3.92. The second-order valence-corrected chi connectivity index (χ2v) is 9.93. The molecule has 0 unspecified atom stereocenters. The molecule has 2 aromatic heterocycles. The Morgan fingerprint density at radius 2 is 2.00 bits per heavy atom. The van der Waals surface area contributed by atoms with Crippen LogP contribution >= 0.6 is 0 Å². The fourth-order valence-electron chi connectivity index (χ4n) is 5.21. The molecule has 2 bridgehead atoms. The van der Waals surface area contributed by atoms with Gasteiger partial charge in [-0.05, 0) is 44.1 Å². The van der Waals surface area contributed by atoms with Crippen molar-refractivity contribution < 1.29 is 36.6 Å². The van der Waals surface area contributed by atoms with Gasteiger partial charge in [-0.1, -0.05) is 0 Å². The van der Waals surface area contributed by atoms with Crippen LogP contribution in [-0.2, 0) is 23.1 Å². The maximum Gasteiger partial charge on any atom is 0.411 e. The molecule has 10 nitrogen and oxygen atoms in total. The molecule has 4 aliphatic rings. The molecule has 0 aromatic carbocycles. The second-order valence-electron chi connectivity index (χ2n) is 9.93. The van der Waals surface area contributed by atoms with Gasteiger partial charge in [0, 0.05) is 30.3 Å². The fourth-order valence-corrected chi connectivity index (χ4v) is 5.21. The molecule has 4 fully saturated rings. The second kappa shape index (κ2) is 9.05. The van der Waals surface area contributed by atoms with Gasteiger partial charge in [0.05, 0.1) is 12.3 Å². The summed E-state index contributed by atoms with van der Waals surface area (Å²) in [6.45, 7) is -1.82. The van der Waals surface area contributed by atoms with Gasteiger partial charge in [-0.25, -0.2) is 9.18 Å². The van der Waals surface area contributed by atoms with Crippen molar-refractivity contribution >= 4 is 17.8 Å². The van der Waals surface area contributed by atoms with Crippen molar-refractivity contribution in [2.75, 3.05) is 11.9 Å². The summed E-state index contributed by atoms with van der Waals surface area (Å²) in [5.74, 6) is 0.0287. The summed E-state index contributed by atoms with van der Waals surface area (Å²) >= 11 is 0. The summed E-state index contributed by atoms with van der Waals surface area (Å²) in [4.78, 5) is 24.8. The summed E-state index contributed by atoms with van der Waals surface area (Å²) < 4.78 is 62.4. The first-order chi connectivity index (χ1) is 17.0. The van der Waals surface area contributed by atoms with Gasteiger partial charge in [-0.2, -0.15) is 23.4 Å². The highest BCUT2D eigenvalue weighted by molar-refractivity contribution is 6.02. The van der Waals surface area contributed by atoms with Crippen molar-refractivity contribution in [1.82, 2.24) is 25.3 Å². The number of amides is 2. The molecule has 0 aliphatic heterocycles. The lowest BCUT2D eigenvalue weighted by Crippen LogP contribution is -2.68. The van der Waals surface area contributed by atoms with Crippen molar-refractivity contribution in [3.05, 3.63) is 29.2 Å². The Morgan fingerprint density at radius 3 is 2.67 bits per heavy atom. The molecule has 2 aromatic rings. The van der Waals surface area contributed by atoms with Gasteiger partial charge in [0.25, 0.3) is 5.91 Å². The molecule has 6 rings (SSSR count). The lowest BCUT2D eigenvalue weighted by atomic mass is 9.50. The third-order valence-corrected chi connectivity index (χ3v) is 7.05. The van der Waals surface area contributed by atoms with Crippen LogP contribution in [0.3, 0.4) is 0 Å². The highest BCUT2D eigenvalue weighted by atomic mass is 19.4. The lowest BCUT2D eigenvalue weighted by molar-refractivity contribution is -0.176. The van der Waals surface area contributed by atoms with Crippen LogP contribution in [0.2, 0.25) is 0 Å². The van der Waals surface area contributed by atoms with E-state index in [0.717, 1.165) is 19.3 Å². The number of H-pyrrole nitrogens is 1. The average Bonchev–Trinajstić information content (AvgIpc) is 3.42. The Kier molecular flexibility index (Phi) is 6.17. The number of halogens is 4. The number of aromatic amines is 1. The minimum Gasteiger partial charge on any atom is -0.443 e. The molecule has 4 saturated carbocycles. The van der Waals surface area contributed by atoms with E-state index in [1.165, 1.54) is 17.8 Å². The van der Waals surface area contributed by atoms with Gasteiger partial charge in [0.2, 0.25) is 0 Å². The molecule has 3 atom stereocenters. The third kappa shape index (κ3) is 5.18. The first-order valence-corrected chi connectivity index (χ1v) is 11.7. The van der Waals surface area contributed by atoms with E-state index in [-0.39, 0.29) is 41.5 Å². The minimum atomic E-state index is -4.46. The zero-order chi connectivity index (χ0) is 25.7. The Labute approximate surface area is 203 Å². The minimum absolute atomic E-state index is 0.0954. The zero-order valence-corrected chi connectivity index (χ0v) is 19.4. The summed E-state index contributed by atoms with van der Waals surface area (Å²) in [5, 5.41) is 16.3. The van der Waals surface area contributed by atoms with Crippen LogP contribution in [0.25, 0.3) is 0 Å². The Morgan fingerprint density at radius 1 is 1.25 bits per heavy atom. The van der Waals surface area contributed by atoms with Crippen LogP contribution in [-0.4, -0.2) is 62.6 Å². The molecule has 14 heteroatoms. The number of anilines is 1. The Hall–Kier alpha value is -3.16. The maximum absolute atomic E-state index is 14.6. The number of alkyl halides is 4. The van der Waals surface area contributed by atoms with Crippen molar-refractivity contribution in [1.29, 1.82) is 0 Å². The SMILES string of the molecule is Cn1nc(COCC(F)(F)F)cc1C(=O)Nc1cc([C@H]2C[C@@H](F)[C@@H](OC(=O)NC34CC(C3)C4)C2)[nH]n1. The monoisotopic (exact) mass is 514 g/mol. The van der Waals surface area contributed by atoms with Crippen molar-refractivity contribution in [2.24, 2.45) is 13.0 Å². The quantitative estimate of drug-likeness (QED) is 0.465. The van der Waals surface area contributed by atoms with E-state index in [2.05, 4.69) is 30.7 Å². The molecule has 0 radical (unpaired) electrons. The molecule has 2 heterocycles. The lowest BCUT2D eigenvalue weighted by Gasteiger charge is -2.61. The average molecular weight is 514 g/mol. The smallest absolute Gasteiger partial charge is 0.411 e. The maximum atomic E-state index is 14.6. The van der Waals surface area contributed by atoms with E-state index in [1.807, 2.05) is 0 Å². The highest BCUT2D eigenvalue weighted by Gasteiger charge is 2.58. The predicted molar refractivity (Wildman–Crippen MR) is 116 cm³/mol. The number of aryl methyl sites for hydroxylation is 1. The van der Waals surface area contributed by atoms with Crippen LogP contribution in [0.4, 0.5) is 28.2 Å². The number of rotatable bonds is 8. The molecule has 3 N–H and O–H groups in total. The number of alkyl carbamates (subject to hydrolysis) is 1. The van der Waals surface area contributed by atoms with E-state index in [0.29, 0.717) is 11.6 Å². The first-order valence-electron chi connectivity index (χ1n) is 11.7. The van der Waals surface area contributed by atoms with E-state index in [4.69, 9.17) is 4.74 Å². The normalized spacial score (nSPS) is 28.8. The standard InChI is InChI=1S/C22H26F4N6O4/c1-32-16(4-13(31-32)9-35-10-22(24,25)26)19(33)27-18-5-15(29-30-18)12-2-14(23)17(3-12)36-20(34)28-21-6-11(7-21)8-21/h4-5,11-12,14,17H,2-3,6-10H2,1H3,(H,28,34)(H2,27,29,30,33)/t11?,12-,14+,17-,21?/m0/s1. The molecular weight excluding hydrogens is 488 g/mol. The number of hydrogen-bond donors (Lipinski definition) is 3. The summed E-state index contributed by atoms with van der Waals surface area (Å²) in [6, 6.07) is 2.90. The number of carbonyl (C=O) groups excluding carboxylic acids is 2. The summed E-state index contributed by atoms with van der Waals surface area (Å²) in [7, 11) is 1.47. The molecule has 196 valence electrons. The highest BCUT2D eigenvalue weighted by Crippen LogP contribution is 2.57. The van der Waals surface area contributed by atoms with Crippen molar-refractivity contribution in [3.63, 3.8) is 0 Å². The van der Waals surface area contributed by atoms with Crippen LogP contribution in [0.15, 0.2) is 12.1 Å². The van der Waals surface area contributed by atoms with Gasteiger partial charge in [-0.15, -0.1) is 0 Å². The van der Waals surface area contributed by atoms with Crippen molar-refractivity contribution in [2.45, 2.75) is 68.6 Å². The van der Waals surface area contributed by atoms with Gasteiger partial charge in [0.1, 0.15) is 24.6 Å². The number of hydrogen-bond acceptors (Lipinski definition) is 6. The molecule has 4 aliphatic carbocycles. The van der Waals surface area contributed by atoms with Crippen LogP contribution < -0.4 is 10.6 Å². The van der Waals surface area contributed by atoms with Crippen molar-refractivity contribution in [3.8, 4) is 0 Å². The van der Waals surface area contributed by atoms with Gasteiger partial charge in [0.15, 0.2) is 5.82 Å². The van der Waals surface area contributed by atoms with E-state index in [9.17, 15) is 27.2 Å². The fraction of sp³-hybridized carbons (Fsp3) is 0.636. The topological polar surface area (TPSA) is 123 Å². The predicted octanol–water partition coefficient (Wildman–Crippen LogP) is 3.34. The molecule has 2 amide bonds. The number of carbonyl (C=O) groups is 2. The van der Waals surface area contributed by atoms with E-state index >= 15 is 0 Å². The molecule has 0 saturated heterocycles. The van der Waals surface area contributed by atoms with Crippen LogP contribution in [0, 0.1) is 5.92 Å². The number of aromatic nitrogens is 4. The van der Waals surface area contributed by atoms with E-state index < -0.39 is 43.7 Å². The van der Waals surface area contributed by atoms with Crippen LogP contribution in [0.5, 0.6) is 0 Å². The molecule has 36 heavy (non-hydrogen) atoms. The number of nitrogens with one attached hydrogen (secondary N) is 3. The van der Waals surface area contributed by atoms with Gasteiger partial charge >= 0.3 is 12.3 Å². The van der Waals surface area contributed by atoms with E-state index in [1.54, 1.807) is 6.07 Å². The molecule has 0 spiro atoms. The Bertz CT molecular complexity index is 1130. The third-order valence-electron chi connectivity index (χ3n) is 7.05. The van der Waals surface area contributed by atoms with Gasteiger partial charge < -0.3 is 20.1 Å². The van der Waals surface area contributed by atoms with Crippen LogP contribution in [0.1, 0.15) is 59.9 Å². The zero-order valence-electron chi connectivity index (χ0n) is 19.4. The number of ether oxygens (including phenoxy) is 2. The molecular formula is C22H26F4N6O4. The Balaban J connectivity index is 1.13. The largest absolute Gasteiger partial charge is 0.443 e.